The third-order valence-electron chi connectivity index (χ3n) is 0.727. The molecule has 0 aliphatic carbocycles. The smallest absolute Gasteiger partial charge is 0.309 e. The molecule has 0 saturated heterocycles. The Morgan fingerprint density at radius 2 is 1.50 bits per heavy atom. The van der Waals surface area contributed by atoms with Gasteiger partial charge in [-0.15, -0.1) is 0 Å². The second kappa shape index (κ2) is 6.46. The summed E-state index contributed by atoms with van der Waals surface area (Å²) in [5.74, 6) is 0. The maximum atomic E-state index is 11.0. The average Bonchev–Trinajstić information content (AvgIpc) is 1.64. The van der Waals surface area contributed by atoms with Gasteiger partial charge in [-0.3, -0.25) is 4.57 Å². The zero-order valence-electron chi connectivity index (χ0n) is 7.09. The third kappa shape index (κ3) is 6.86. The fourth-order valence-corrected chi connectivity index (χ4v) is 1.52. The minimum absolute atomic E-state index is 0. The van der Waals surface area contributed by atoms with Gasteiger partial charge in [0, 0.05) is 25.5 Å². The van der Waals surface area contributed by atoms with E-state index in [1.807, 2.05) is 0 Å². The topological polar surface area (TPSA) is 35.5 Å². The number of hydrogen-bond donors (Lipinski definition) is 0. The summed E-state index contributed by atoms with van der Waals surface area (Å²) in [6.07, 6.45) is 0. The largest absolute Gasteiger partial charge is 0.327 e. The average molecular weight is 159 g/mol. The van der Waals surface area contributed by atoms with Crippen molar-refractivity contribution in [1.82, 2.24) is 0 Å². The first kappa shape index (κ1) is 13.3. The van der Waals surface area contributed by atoms with Crippen LogP contribution in [0, 0.1) is 0 Å². The van der Waals surface area contributed by atoms with Crippen LogP contribution in [0.2, 0.25) is 0 Å². The Labute approximate surface area is 74.2 Å². The fourth-order valence-electron chi connectivity index (χ4n) is 0.506. The Balaban J connectivity index is 0. The van der Waals surface area contributed by atoms with Crippen molar-refractivity contribution in [3.63, 3.8) is 0 Å². The number of rotatable bonds is 4. The number of hydrogen-bond acceptors (Lipinski definition) is 3. The molecule has 0 amide bonds. The summed E-state index contributed by atoms with van der Waals surface area (Å²) in [6, 6.07) is 0. The van der Waals surface area contributed by atoms with Gasteiger partial charge in [0.25, 0.3) is 0 Å². The third-order valence-corrected chi connectivity index (χ3v) is 2.18. The quantitative estimate of drug-likeness (QED) is 0.460. The van der Waals surface area contributed by atoms with Gasteiger partial charge in [0.15, 0.2) is 0 Å². The van der Waals surface area contributed by atoms with Gasteiger partial charge >= 0.3 is 7.60 Å². The van der Waals surface area contributed by atoms with Crippen molar-refractivity contribution in [3.05, 3.63) is 0 Å². The van der Waals surface area contributed by atoms with Crippen LogP contribution < -0.4 is 0 Å². The van der Waals surface area contributed by atoms with Crippen LogP contribution in [-0.2, 0) is 13.6 Å². The van der Waals surface area contributed by atoms with E-state index in [-0.39, 0.29) is 18.9 Å². The molecule has 0 aromatic rings. The molecular formula is C5H13LiO3P. The SMILES string of the molecule is CCOP(C)(=O)OCC.[Li]. The van der Waals surface area contributed by atoms with E-state index in [2.05, 4.69) is 0 Å². The maximum absolute atomic E-state index is 11.0. The molecule has 3 nitrogen and oxygen atoms in total. The van der Waals surface area contributed by atoms with Crippen molar-refractivity contribution < 1.29 is 13.6 Å². The minimum atomic E-state index is -2.69. The van der Waals surface area contributed by atoms with Crippen molar-refractivity contribution in [3.8, 4) is 0 Å². The van der Waals surface area contributed by atoms with Crippen LogP contribution in [0.15, 0.2) is 0 Å². The van der Waals surface area contributed by atoms with E-state index in [1.165, 1.54) is 6.66 Å². The van der Waals surface area contributed by atoms with E-state index >= 15 is 0 Å². The molecule has 1 radical (unpaired) electrons. The standard InChI is InChI=1S/C5H13O3P.Li/c1-4-7-9(3,6)8-5-2;/h4-5H2,1-3H3;. The zero-order chi connectivity index (χ0) is 7.33. The van der Waals surface area contributed by atoms with Crippen LogP contribution in [0.1, 0.15) is 13.8 Å². The van der Waals surface area contributed by atoms with Crippen LogP contribution in [0.4, 0.5) is 0 Å². The van der Waals surface area contributed by atoms with Crippen LogP contribution in [0.5, 0.6) is 0 Å². The predicted octanol–water partition coefficient (Wildman–Crippen LogP) is 1.50. The van der Waals surface area contributed by atoms with Gasteiger partial charge < -0.3 is 9.05 Å². The van der Waals surface area contributed by atoms with E-state index in [9.17, 15) is 4.57 Å². The Kier molecular flexibility index (Phi) is 8.62. The first-order valence-electron chi connectivity index (χ1n) is 2.99. The molecule has 0 aliphatic heterocycles. The van der Waals surface area contributed by atoms with Crippen LogP contribution >= 0.6 is 7.60 Å². The molecule has 0 N–H and O–H groups in total. The molecule has 0 saturated carbocycles. The van der Waals surface area contributed by atoms with Gasteiger partial charge in [-0.25, -0.2) is 0 Å². The van der Waals surface area contributed by atoms with E-state index < -0.39 is 7.60 Å². The predicted molar refractivity (Wildman–Crippen MR) is 42.5 cm³/mol. The molecule has 5 heteroatoms. The van der Waals surface area contributed by atoms with Gasteiger partial charge in [0.1, 0.15) is 0 Å². The van der Waals surface area contributed by atoms with Gasteiger partial charge in [-0.2, -0.15) is 0 Å². The first-order valence-corrected chi connectivity index (χ1v) is 4.98. The molecule has 57 valence electrons. The van der Waals surface area contributed by atoms with Gasteiger partial charge in [0.2, 0.25) is 0 Å². The second-order valence-corrected chi connectivity index (χ2v) is 3.67. The summed E-state index contributed by atoms with van der Waals surface area (Å²) >= 11 is 0. The van der Waals surface area contributed by atoms with E-state index in [4.69, 9.17) is 9.05 Å². The Morgan fingerprint density at radius 3 is 1.70 bits per heavy atom. The Hall–Kier alpha value is 0.747. The Bertz CT molecular complexity index is 107. The molecule has 0 aliphatic rings. The monoisotopic (exact) mass is 159 g/mol. The summed E-state index contributed by atoms with van der Waals surface area (Å²) in [7, 11) is -2.69. The molecule has 10 heavy (non-hydrogen) atoms. The van der Waals surface area contributed by atoms with Crippen LogP contribution in [-0.4, -0.2) is 38.7 Å². The van der Waals surface area contributed by atoms with E-state index in [1.54, 1.807) is 13.8 Å². The molecule has 0 rings (SSSR count). The van der Waals surface area contributed by atoms with E-state index in [0.717, 1.165) is 0 Å². The van der Waals surface area contributed by atoms with E-state index in [0.29, 0.717) is 13.2 Å². The second-order valence-electron chi connectivity index (χ2n) is 1.61. The van der Waals surface area contributed by atoms with Crippen LogP contribution in [0.25, 0.3) is 0 Å². The molecule has 0 aromatic heterocycles. The molecule has 0 spiro atoms. The summed E-state index contributed by atoms with van der Waals surface area (Å²) in [5.41, 5.74) is 0. The summed E-state index contributed by atoms with van der Waals surface area (Å²) in [5, 5.41) is 0. The Morgan fingerprint density at radius 1 is 1.20 bits per heavy atom. The molecule has 0 bridgehead atoms. The van der Waals surface area contributed by atoms with Gasteiger partial charge in [-0.05, 0) is 13.8 Å². The molecule has 0 fully saturated rings. The van der Waals surface area contributed by atoms with Crippen molar-refractivity contribution >= 4 is 26.5 Å². The summed E-state index contributed by atoms with van der Waals surface area (Å²) in [6.45, 7) is 5.92. The summed E-state index contributed by atoms with van der Waals surface area (Å²) < 4.78 is 20.6. The van der Waals surface area contributed by atoms with Crippen molar-refractivity contribution in [2.45, 2.75) is 13.8 Å². The zero-order valence-corrected chi connectivity index (χ0v) is 7.98. The van der Waals surface area contributed by atoms with Crippen molar-refractivity contribution in [2.75, 3.05) is 19.9 Å². The van der Waals surface area contributed by atoms with Crippen molar-refractivity contribution in [1.29, 1.82) is 0 Å². The first-order chi connectivity index (χ1) is 4.12. The molecule has 0 atom stereocenters. The molecule has 0 heterocycles. The van der Waals surface area contributed by atoms with Gasteiger partial charge in [-0.1, -0.05) is 0 Å². The van der Waals surface area contributed by atoms with Gasteiger partial charge in [0.05, 0.1) is 13.2 Å². The fraction of sp³-hybridized carbons (Fsp3) is 1.00. The molecule has 0 aromatic carbocycles. The minimum Gasteiger partial charge on any atom is -0.309 e. The normalized spacial score (nSPS) is 10.7. The maximum Gasteiger partial charge on any atom is 0.327 e. The van der Waals surface area contributed by atoms with Crippen LogP contribution in [0.3, 0.4) is 0 Å². The molecule has 0 unspecified atom stereocenters. The molecular weight excluding hydrogens is 146 g/mol. The summed E-state index contributed by atoms with van der Waals surface area (Å²) in [4.78, 5) is 0. The van der Waals surface area contributed by atoms with Crippen molar-refractivity contribution in [2.24, 2.45) is 0 Å².